The number of benzene rings is 1. The first-order valence-corrected chi connectivity index (χ1v) is 13.9. The Hall–Kier alpha value is -3.10. The Bertz CT molecular complexity index is 1400. The highest BCUT2D eigenvalue weighted by Gasteiger charge is 2.60. The van der Waals surface area contributed by atoms with E-state index in [9.17, 15) is 22.4 Å². The summed E-state index contributed by atoms with van der Waals surface area (Å²) in [6.07, 6.45) is 4.42. The van der Waals surface area contributed by atoms with Crippen LogP contribution in [0.3, 0.4) is 0 Å². The van der Waals surface area contributed by atoms with E-state index in [-0.39, 0.29) is 35.8 Å². The number of carbonyl (C=O) groups excluding carboxylic acids is 1. The molecule has 7 atom stereocenters. The molecule has 206 valence electrons. The molecule has 0 spiro atoms. The topological polar surface area (TPSA) is 56.2 Å². The predicted molar refractivity (Wildman–Crippen MR) is 136 cm³/mol. The third-order valence-corrected chi connectivity index (χ3v) is 9.99. The normalized spacial score (nSPS) is 33.8. The first-order chi connectivity index (χ1) is 18.7. The quantitative estimate of drug-likeness (QED) is 0.368. The highest BCUT2D eigenvalue weighted by molar-refractivity contribution is 5.84. The molecule has 1 N–H and O–H groups in total. The van der Waals surface area contributed by atoms with Crippen molar-refractivity contribution in [3.8, 4) is 5.75 Å². The number of ether oxygens (including phenoxy) is 1. The monoisotopic (exact) mass is 541 g/mol. The average Bonchev–Trinajstić information content (AvgIpc) is 3.22. The predicted octanol–water partition coefficient (Wildman–Crippen LogP) is 6.39. The number of nitrogens with one attached hydrogen (secondary N) is 1. The van der Waals surface area contributed by atoms with E-state index in [0.717, 1.165) is 31.7 Å². The van der Waals surface area contributed by atoms with Crippen LogP contribution in [0.4, 0.5) is 17.6 Å². The van der Waals surface area contributed by atoms with Crippen LogP contribution in [-0.4, -0.2) is 27.6 Å². The second-order valence-corrected chi connectivity index (χ2v) is 12.1. The largest absolute Gasteiger partial charge is 0.490 e. The van der Waals surface area contributed by atoms with Gasteiger partial charge in [-0.3, -0.25) is 9.78 Å². The van der Waals surface area contributed by atoms with E-state index in [1.807, 2.05) is 6.92 Å². The zero-order chi connectivity index (χ0) is 27.1. The minimum absolute atomic E-state index is 0.00160. The maximum absolute atomic E-state index is 13.8. The van der Waals surface area contributed by atoms with Crippen molar-refractivity contribution in [3.05, 3.63) is 60.3 Å². The molecule has 1 aromatic carbocycles. The van der Waals surface area contributed by atoms with Gasteiger partial charge in [-0.25, -0.2) is 4.39 Å². The second-order valence-electron chi connectivity index (χ2n) is 12.1. The highest BCUT2D eigenvalue weighted by atomic mass is 19.4. The van der Waals surface area contributed by atoms with Gasteiger partial charge in [0.05, 0.1) is 17.2 Å². The summed E-state index contributed by atoms with van der Waals surface area (Å²) < 4.78 is 61.1. The van der Waals surface area contributed by atoms with Gasteiger partial charge < -0.3 is 14.6 Å². The highest BCUT2D eigenvalue weighted by Crippen LogP contribution is 2.61. The number of fused-ring (bicyclic) bond motifs is 4. The van der Waals surface area contributed by atoms with Crippen molar-refractivity contribution in [3.63, 3.8) is 0 Å². The number of halogens is 4. The third kappa shape index (κ3) is 4.38. The molecule has 5 aliphatic rings. The Balaban J connectivity index is 0.947. The van der Waals surface area contributed by atoms with E-state index in [4.69, 9.17) is 4.74 Å². The fourth-order valence-electron chi connectivity index (χ4n) is 7.87. The first-order valence-electron chi connectivity index (χ1n) is 13.9. The van der Waals surface area contributed by atoms with Gasteiger partial charge in [-0.05, 0) is 92.0 Å². The summed E-state index contributed by atoms with van der Waals surface area (Å²) in [7, 11) is 0. The number of amides is 1. The number of alkyl halides is 3. The van der Waals surface area contributed by atoms with Crippen molar-refractivity contribution in [2.75, 3.05) is 0 Å². The van der Waals surface area contributed by atoms with Crippen LogP contribution in [0.1, 0.15) is 50.6 Å². The number of hydrogen-bond acceptors (Lipinski definition) is 3. The van der Waals surface area contributed by atoms with Gasteiger partial charge in [0.25, 0.3) is 0 Å². The van der Waals surface area contributed by atoms with Crippen LogP contribution in [0.5, 0.6) is 5.75 Å². The smallest absolute Gasteiger partial charge is 0.417 e. The van der Waals surface area contributed by atoms with Crippen molar-refractivity contribution in [1.82, 2.24) is 14.9 Å². The summed E-state index contributed by atoms with van der Waals surface area (Å²) in [5.41, 5.74) is 0.0746. The first kappa shape index (κ1) is 24.9. The van der Waals surface area contributed by atoms with Crippen LogP contribution in [0.15, 0.2) is 48.9 Å². The maximum atomic E-state index is 13.8. The molecule has 3 aromatic rings. The lowest BCUT2D eigenvalue weighted by atomic mass is 9.60. The van der Waals surface area contributed by atoms with Crippen LogP contribution in [0.2, 0.25) is 0 Å². The zero-order valence-electron chi connectivity index (χ0n) is 21.6. The molecule has 5 nitrogen and oxygen atoms in total. The molecule has 5 fully saturated rings. The van der Waals surface area contributed by atoms with Crippen molar-refractivity contribution >= 4 is 16.8 Å². The Labute approximate surface area is 223 Å². The Morgan fingerprint density at radius 1 is 1.08 bits per heavy atom. The van der Waals surface area contributed by atoms with Crippen molar-refractivity contribution < 1.29 is 27.1 Å². The van der Waals surface area contributed by atoms with Gasteiger partial charge >= 0.3 is 6.18 Å². The van der Waals surface area contributed by atoms with Crippen LogP contribution >= 0.6 is 0 Å². The number of aromatic nitrogens is 2. The van der Waals surface area contributed by atoms with Gasteiger partial charge in [0.1, 0.15) is 11.6 Å². The molecule has 2 aromatic heterocycles. The van der Waals surface area contributed by atoms with Gasteiger partial charge in [-0.2, -0.15) is 13.2 Å². The van der Waals surface area contributed by atoms with E-state index >= 15 is 0 Å². The molecule has 2 bridgehead atoms. The number of carbonyl (C=O) groups is 1. The fourth-order valence-corrected chi connectivity index (χ4v) is 7.87. The molecule has 9 heteroatoms. The van der Waals surface area contributed by atoms with Gasteiger partial charge in [0.2, 0.25) is 5.91 Å². The summed E-state index contributed by atoms with van der Waals surface area (Å²) in [5, 5.41) is 3.95. The number of nitrogens with zero attached hydrogens (tertiary/aromatic N) is 2. The second kappa shape index (κ2) is 8.96. The number of rotatable bonds is 6. The molecule has 1 amide bonds. The van der Waals surface area contributed by atoms with E-state index in [0.29, 0.717) is 52.7 Å². The van der Waals surface area contributed by atoms with Crippen molar-refractivity contribution in [2.45, 2.75) is 63.4 Å². The van der Waals surface area contributed by atoms with Crippen LogP contribution < -0.4 is 10.1 Å². The van der Waals surface area contributed by atoms with E-state index in [1.54, 1.807) is 22.9 Å². The molecule has 2 unspecified atom stereocenters. The molecule has 5 saturated carbocycles. The summed E-state index contributed by atoms with van der Waals surface area (Å²) >= 11 is 0. The molecule has 0 radical (unpaired) electrons. The molecule has 8 rings (SSSR count). The fraction of sp³-hybridized carbons (Fsp3) is 0.533. The van der Waals surface area contributed by atoms with Crippen LogP contribution in [-0.2, 0) is 11.0 Å². The molecule has 0 saturated heterocycles. The standard InChI is InChI=1S/C30H31F4N3O2/c1-15(28-21-11-20(12-22(21)28)39-27-4-6-35-24-3-2-19(31)10-23(24)27)29(38)36-25-13-26(17-8-16(25)9-17)37-7-5-18(14-37)30(32,33)34/h2-7,10,14-17,20-22,25-26,28H,8-9,11-13H2,1H3,(H,36,38)/t15?,16?,17?,20-,21-,22+,25-,26?,28+/m1/s1. The number of pyridine rings is 1. The molecular weight excluding hydrogens is 510 g/mol. The molecule has 0 aliphatic heterocycles. The maximum Gasteiger partial charge on any atom is 0.417 e. The molecular formula is C30H31F4N3O2. The SMILES string of the molecule is CC(C(=O)N[C@@H]1CC(n2ccc(C(F)(F)F)c2)C2CC1C2)[C@H]1[C@@H]2C[C@@H](Oc3ccnc4ccc(F)cc34)C[C@@H]21. The Morgan fingerprint density at radius 2 is 1.85 bits per heavy atom. The van der Waals surface area contributed by atoms with E-state index in [2.05, 4.69) is 10.3 Å². The molecule has 2 heterocycles. The third-order valence-electron chi connectivity index (χ3n) is 9.99. The lowest BCUT2D eigenvalue weighted by Gasteiger charge is -2.52. The van der Waals surface area contributed by atoms with Gasteiger partial charge in [-0.1, -0.05) is 6.92 Å². The minimum Gasteiger partial charge on any atom is -0.490 e. The van der Waals surface area contributed by atoms with Crippen LogP contribution in [0, 0.1) is 41.3 Å². The zero-order valence-corrected chi connectivity index (χ0v) is 21.6. The average molecular weight is 542 g/mol. The summed E-state index contributed by atoms with van der Waals surface area (Å²) in [6, 6.07) is 7.40. The van der Waals surface area contributed by atoms with Crippen molar-refractivity contribution in [1.29, 1.82) is 0 Å². The lowest BCUT2D eigenvalue weighted by molar-refractivity contribution is -0.137. The van der Waals surface area contributed by atoms with Crippen LogP contribution in [0.25, 0.3) is 10.9 Å². The van der Waals surface area contributed by atoms with Crippen molar-refractivity contribution in [2.24, 2.45) is 35.5 Å². The van der Waals surface area contributed by atoms with Gasteiger partial charge in [0.15, 0.2) is 0 Å². The Morgan fingerprint density at radius 3 is 2.56 bits per heavy atom. The Kier molecular flexibility index (Phi) is 5.72. The van der Waals surface area contributed by atoms with Gasteiger partial charge in [0, 0.05) is 42.0 Å². The minimum atomic E-state index is -4.35. The summed E-state index contributed by atoms with van der Waals surface area (Å²) in [5.74, 6) is 2.25. The van der Waals surface area contributed by atoms with E-state index in [1.165, 1.54) is 24.5 Å². The molecule has 5 aliphatic carbocycles. The number of hydrogen-bond donors (Lipinski definition) is 1. The van der Waals surface area contributed by atoms with Gasteiger partial charge in [-0.15, -0.1) is 0 Å². The molecule has 39 heavy (non-hydrogen) atoms. The van der Waals surface area contributed by atoms with E-state index < -0.39 is 11.7 Å². The summed E-state index contributed by atoms with van der Waals surface area (Å²) in [4.78, 5) is 17.6. The lowest BCUT2D eigenvalue weighted by Crippen LogP contribution is -2.54. The summed E-state index contributed by atoms with van der Waals surface area (Å²) in [6.45, 7) is 2.00.